The maximum absolute atomic E-state index is 12.2. The van der Waals surface area contributed by atoms with Crippen molar-refractivity contribution in [2.75, 3.05) is 0 Å². The first kappa shape index (κ1) is 17.1. The number of carbonyl (C=O) groups is 2. The van der Waals surface area contributed by atoms with Crippen LogP contribution in [-0.4, -0.2) is 36.6 Å². The van der Waals surface area contributed by atoms with Crippen molar-refractivity contribution in [2.45, 2.75) is 31.7 Å². The summed E-state index contributed by atoms with van der Waals surface area (Å²) in [5.74, 6) is -3.00. The van der Waals surface area contributed by atoms with Gasteiger partial charge in [-0.1, -0.05) is 19.9 Å². The van der Waals surface area contributed by atoms with Crippen molar-refractivity contribution in [3.8, 4) is 0 Å². The molecule has 1 rings (SSSR count). The number of hydrogen-bond acceptors (Lipinski definition) is 4. The van der Waals surface area contributed by atoms with Gasteiger partial charge < -0.3 is 10.2 Å². The van der Waals surface area contributed by atoms with Crippen molar-refractivity contribution in [3.63, 3.8) is 0 Å². The van der Waals surface area contributed by atoms with Crippen LogP contribution in [0.2, 0.25) is 0 Å². The first-order valence-corrected chi connectivity index (χ1v) is 7.63. The second-order valence-electron chi connectivity index (χ2n) is 4.96. The Morgan fingerprint density at radius 1 is 1.19 bits per heavy atom. The molecule has 0 spiro atoms. The summed E-state index contributed by atoms with van der Waals surface area (Å²) in [5.41, 5.74) is 0.273. The average Bonchev–Trinajstić information content (AvgIpc) is 2.35. The summed E-state index contributed by atoms with van der Waals surface area (Å²) in [6, 6.07) is 2.33. The standard InChI is InChI=1S/C13H17NO6S/c1-7(2)11(13(17)18)14-21(19,20)9-5-4-8(3)10(6-9)12(15)16/h4-7,11,14H,1-3H3,(H,15,16)(H,17,18)/t11-/m1/s1. The molecule has 3 N–H and O–H groups in total. The number of aryl methyl sites for hydroxylation is 1. The Hall–Kier alpha value is -1.93. The van der Waals surface area contributed by atoms with Gasteiger partial charge in [-0.3, -0.25) is 4.79 Å². The molecule has 0 heterocycles. The second kappa shape index (κ2) is 6.23. The first-order chi connectivity index (χ1) is 9.56. The van der Waals surface area contributed by atoms with Gasteiger partial charge in [-0.25, -0.2) is 13.2 Å². The van der Waals surface area contributed by atoms with E-state index in [1.54, 1.807) is 20.8 Å². The zero-order chi connectivity index (χ0) is 16.4. The van der Waals surface area contributed by atoms with E-state index in [9.17, 15) is 18.0 Å². The summed E-state index contributed by atoms with van der Waals surface area (Å²) in [6.07, 6.45) is 0. The number of hydrogen-bond donors (Lipinski definition) is 3. The van der Waals surface area contributed by atoms with Gasteiger partial charge in [-0.2, -0.15) is 4.72 Å². The van der Waals surface area contributed by atoms with Crippen LogP contribution in [-0.2, 0) is 14.8 Å². The van der Waals surface area contributed by atoms with Crippen molar-refractivity contribution in [1.29, 1.82) is 0 Å². The lowest BCUT2D eigenvalue weighted by Gasteiger charge is -2.18. The number of aromatic carboxylic acids is 1. The third-order valence-corrected chi connectivity index (χ3v) is 4.40. The van der Waals surface area contributed by atoms with Gasteiger partial charge in [0.25, 0.3) is 0 Å². The van der Waals surface area contributed by atoms with Crippen LogP contribution in [0.5, 0.6) is 0 Å². The molecule has 0 saturated carbocycles. The van der Waals surface area contributed by atoms with Crippen LogP contribution >= 0.6 is 0 Å². The molecule has 0 aliphatic carbocycles. The smallest absolute Gasteiger partial charge is 0.335 e. The summed E-state index contributed by atoms with van der Waals surface area (Å²) in [6.45, 7) is 4.68. The van der Waals surface area contributed by atoms with Crippen LogP contribution in [0, 0.1) is 12.8 Å². The van der Waals surface area contributed by atoms with E-state index in [-0.39, 0.29) is 10.5 Å². The Morgan fingerprint density at radius 3 is 2.19 bits per heavy atom. The SMILES string of the molecule is Cc1ccc(S(=O)(=O)N[C@@H](C(=O)O)C(C)C)cc1C(=O)O. The highest BCUT2D eigenvalue weighted by Crippen LogP contribution is 2.17. The van der Waals surface area contributed by atoms with Gasteiger partial charge in [0.1, 0.15) is 6.04 Å². The Labute approximate surface area is 122 Å². The predicted molar refractivity (Wildman–Crippen MR) is 74.7 cm³/mol. The van der Waals surface area contributed by atoms with Crippen LogP contribution in [0.1, 0.15) is 29.8 Å². The molecule has 1 aromatic carbocycles. The Bertz CT molecular complexity index is 665. The Kier molecular flexibility index (Phi) is 5.08. The van der Waals surface area contributed by atoms with Gasteiger partial charge in [0.05, 0.1) is 10.5 Å². The maximum atomic E-state index is 12.2. The largest absolute Gasteiger partial charge is 0.480 e. The number of carboxylic acid groups (broad SMARTS) is 2. The second-order valence-corrected chi connectivity index (χ2v) is 6.68. The molecule has 1 aromatic rings. The fourth-order valence-corrected chi connectivity index (χ4v) is 3.07. The zero-order valence-corrected chi connectivity index (χ0v) is 12.6. The van der Waals surface area contributed by atoms with E-state index in [0.29, 0.717) is 5.56 Å². The molecule has 7 nitrogen and oxygen atoms in total. The monoisotopic (exact) mass is 315 g/mol. The molecule has 0 radical (unpaired) electrons. The molecule has 0 unspecified atom stereocenters. The quantitative estimate of drug-likeness (QED) is 0.722. The summed E-state index contributed by atoms with van der Waals surface area (Å²) < 4.78 is 26.4. The maximum Gasteiger partial charge on any atom is 0.335 e. The highest BCUT2D eigenvalue weighted by Gasteiger charge is 2.28. The van der Waals surface area contributed by atoms with Gasteiger partial charge in [0.15, 0.2) is 0 Å². The highest BCUT2D eigenvalue weighted by atomic mass is 32.2. The van der Waals surface area contributed by atoms with Gasteiger partial charge in [-0.15, -0.1) is 0 Å². The van der Waals surface area contributed by atoms with Crippen molar-refractivity contribution >= 4 is 22.0 Å². The topological polar surface area (TPSA) is 121 Å². The number of aliphatic carboxylic acids is 1. The predicted octanol–water partition coefficient (Wildman–Crippen LogP) is 1.08. The van der Waals surface area contributed by atoms with E-state index >= 15 is 0 Å². The highest BCUT2D eigenvalue weighted by molar-refractivity contribution is 7.89. The molecule has 0 aromatic heterocycles. The minimum atomic E-state index is -4.12. The van der Waals surface area contributed by atoms with Crippen LogP contribution < -0.4 is 4.72 Å². The van der Waals surface area contributed by atoms with Gasteiger partial charge in [-0.05, 0) is 30.5 Å². The van der Waals surface area contributed by atoms with E-state index in [4.69, 9.17) is 10.2 Å². The molecule has 0 aliphatic heterocycles. The fourth-order valence-electron chi connectivity index (χ4n) is 1.71. The molecule has 0 saturated heterocycles. The van der Waals surface area contributed by atoms with E-state index in [1.165, 1.54) is 12.1 Å². The molecule has 0 fully saturated rings. The summed E-state index contributed by atoms with van der Waals surface area (Å²) in [5, 5.41) is 18.0. The number of nitrogens with one attached hydrogen (secondary N) is 1. The van der Waals surface area contributed by atoms with Crippen molar-refractivity contribution in [3.05, 3.63) is 29.3 Å². The molecule has 1 atom stereocenters. The molecule has 21 heavy (non-hydrogen) atoms. The number of sulfonamides is 1. The van der Waals surface area contributed by atoms with Gasteiger partial charge in [0, 0.05) is 0 Å². The van der Waals surface area contributed by atoms with Crippen molar-refractivity contribution < 1.29 is 28.2 Å². The van der Waals surface area contributed by atoms with Crippen molar-refractivity contribution in [2.24, 2.45) is 5.92 Å². The van der Waals surface area contributed by atoms with Crippen LogP contribution in [0.15, 0.2) is 23.1 Å². The van der Waals surface area contributed by atoms with E-state index < -0.39 is 33.9 Å². The van der Waals surface area contributed by atoms with Gasteiger partial charge >= 0.3 is 11.9 Å². The Morgan fingerprint density at radius 2 is 1.76 bits per heavy atom. The van der Waals surface area contributed by atoms with Crippen molar-refractivity contribution in [1.82, 2.24) is 4.72 Å². The molecule has 116 valence electrons. The van der Waals surface area contributed by atoms with E-state index in [1.807, 2.05) is 0 Å². The van der Waals surface area contributed by atoms with Crippen LogP contribution in [0.25, 0.3) is 0 Å². The Balaban J connectivity index is 3.22. The normalized spacial score (nSPS) is 13.1. The lowest BCUT2D eigenvalue weighted by Crippen LogP contribution is -2.44. The summed E-state index contributed by atoms with van der Waals surface area (Å²) in [4.78, 5) is 21.8. The number of carboxylic acids is 2. The molecule has 0 aliphatic rings. The van der Waals surface area contributed by atoms with Crippen LogP contribution in [0.4, 0.5) is 0 Å². The lowest BCUT2D eigenvalue weighted by atomic mass is 10.1. The zero-order valence-electron chi connectivity index (χ0n) is 11.8. The molecule has 0 amide bonds. The minimum absolute atomic E-state index is 0.144. The van der Waals surface area contributed by atoms with E-state index in [2.05, 4.69) is 4.72 Å². The molecule has 0 bridgehead atoms. The van der Waals surface area contributed by atoms with E-state index in [0.717, 1.165) is 6.07 Å². The average molecular weight is 315 g/mol. The molecule has 8 heteroatoms. The molecular weight excluding hydrogens is 298 g/mol. The summed E-state index contributed by atoms with van der Waals surface area (Å²) in [7, 11) is -4.12. The minimum Gasteiger partial charge on any atom is -0.480 e. The van der Waals surface area contributed by atoms with Gasteiger partial charge in [0.2, 0.25) is 10.0 Å². The first-order valence-electron chi connectivity index (χ1n) is 6.15. The third-order valence-electron chi connectivity index (χ3n) is 2.96. The number of benzene rings is 1. The third kappa shape index (κ3) is 4.02. The lowest BCUT2D eigenvalue weighted by molar-refractivity contribution is -0.140. The molecular formula is C13H17NO6S. The summed E-state index contributed by atoms with van der Waals surface area (Å²) >= 11 is 0. The fraction of sp³-hybridized carbons (Fsp3) is 0.385. The number of rotatable bonds is 6. The van der Waals surface area contributed by atoms with Crippen LogP contribution in [0.3, 0.4) is 0 Å².